The third-order valence-electron chi connectivity index (χ3n) is 4.47. The van der Waals surface area contributed by atoms with Gasteiger partial charge in [0.1, 0.15) is 0 Å². The van der Waals surface area contributed by atoms with Crippen molar-refractivity contribution in [1.82, 2.24) is 14.7 Å². The van der Waals surface area contributed by atoms with E-state index in [2.05, 4.69) is 20.0 Å². The van der Waals surface area contributed by atoms with E-state index in [0.717, 1.165) is 39.6 Å². The number of rotatable bonds is 2. The molecular weight excluding hydrogens is 254 g/mol. The lowest BCUT2D eigenvalue weighted by molar-refractivity contribution is -0.179. The summed E-state index contributed by atoms with van der Waals surface area (Å²) in [5, 5.41) is 3.02. The summed E-state index contributed by atoms with van der Waals surface area (Å²) < 4.78 is 0. The molecule has 0 spiro atoms. The van der Waals surface area contributed by atoms with Crippen molar-refractivity contribution in [1.29, 1.82) is 0 Å². The molecule has 0 unspecified atom stereocenters. The van der Waals surface area contributed by atoms with Crippen LogP contribution in [0.25, 0.3) is 0 Å². The molecule has 3 N–H and O–H groups in total. The smallest absolute Gasteiger partial charge is 0.234 e. The van der Waals surface area contributed by atoms with Crippen molar-refractivity contribution >= 4 is 17.3 Å². The van der Waals surface area contributed by atoms with Gasteiger partial charge in [0.25, 0.3) is 0 Å². The Labute approximate surface area is 118 Å². The van der Waals surface area contributed by atoms with Gasteiger partial charge in [0, 0.05) is 19.6 Å². The highest BCUT2D eigenvalue weighted by molar-refractivity contribution is 5.98. The summed E-state index contributed by atoms with van der Waals surface area (Å²) in [6.07, 6.45) is 0. The van der Waals surface area contributed by atoms with E-state index in [4.69, 9.17) is 5.73 Å². The first-order valence-corrected chi connectivity index (χ1v) is 6.98. The molecule has 4 bridgehead atoms. The largest absolute Gasteiger partial charge is 0.397 e. The third kappa shape index (κ3) is 1.80. The molecule has 4 aliphatic heterocycles. The van der Waals surface area contributed by atoms with Crippen LogP contribution >= 0.6 is 0 Å². The number of hydrogen-bond acceptors (Lipinski definition) is 5. The van der Waals surface area contributed by atoms with E-state index < -0.39 is 0 Å². The lowest BCUT2D eigenvalue weighted by atomic mass is 9.80. The van der Waals surface area contributed by atoms with Gasteiger partial charge in [-0.1, -0.05) is 12.1 Å². The number of nitrogens with one attached hydrogen (secondary N) is 1. The van der Waals surface area contributed by atoms with Gasteiger partial charge in [0.2, 0.25) is 5.91 Å². The first kappa shape index (κ1) is 12.1. The molecule has 4 fully saturated rings. The van der Waals surface area contributed by atoms with Crippen LogP contribution in [0.15, 0.2) is 24.3 Å². The first-order chi connectivity index (χ1) is 9.64. The van der Waals surface area contributed by atoms with Gasteiger partial charge < -0.3 is 11.1 Å². The highest BCUT2D eigenvalue weighted by Crippen LogP contribution is 2.36. The normalized spacial score (nSPS) is 37.9. The number of carbonyl (C=O) groups is 1. The second kappa shape index (κ2) is 4.18. The molecule has 5 rings (SSSR count). The Morgan fingerprint density at radius 1 is 1.05 bits per heavy atom. The predicted octanol–water partition coefficient (Wildman–Crippen LogP) is 0.0130. The minimum atomic E-state index is -0.322. The molecule has 1 amide bonds. The molecule has 4 aliphatic rings. The van der Waals surface area contributed by atoms with Gasteiger partial charge in [-0.05, 0) is 12.1 Å². The van der Waals surface area contributed by atoms with Gasteiger partial charge >= 0.3 is 0 Å². The van der Waals surface area contributed by atoms with Crippen LogP contribution in [0, 0.1) is 5.41 Å². The van der Waals surface area contributed by atoms with Crippen molar-refractivity contribution in [3.05, 3.63) is 24.3 Å². The van der Waals surface area contributed by atoms with Crippen molar-refractivity contribution in [2.24, 2.45) is 5.41 Å². The molecule has 1 aromatic carbocycles. The maximum absolute atomic E-state index is 12.8. The molecule has 106 valence electrons. The van der Waals surface area contributed by atoms with Crippen molar-refractivity contribution < 1.29 is 4.79 Å². The zero-order valence-electron chi connectivity index (χ0n) is 11.4. The number of carbonyl (C=O) groups excluding carboxylic acids is 1. The quantitative estimate of drug-likeness (QED) is 0.743. The highest BCUT2D eigenvalue weighted by Gasteiger charge is 2.52. The molecule has 6 heteroatoms. The monoisotopic (exact) mass is 273 g/mol. The van der Waals surface area contributed by atoms with Crippen LogP contribution in [-0.4, -0.2) is 60.2 Å². The highest BCUT2D eigenvalue weighted by atomic mass is 16.2. The number of nitrogen functional groups attached to an aromatic ring is 1. The molecule has 0 aromatic heterocycles. The standard InChI is InChI=1S/C14H19N5O/c15-11-3-1-2-4-12(11)16-13(20)14-5-17-8-18(6-14)10-19(7-14)9-17/h1-4H,5-10,15H2,(H,16,20). The van der Waals surface area contributed by atoms with Crippen LogP contribution in [-0.2, 0) is 4.79 Å². The van der Waals surface area contributed by atoms with Crippen molar-refractivity contribution in [2.45, 2.75) is 0 Å². The number of amides is 1. The predicted molar refractivity (Wildman–Crippen MR) is 76.6 cm³/mol. The Hall–Kier alpha value is -1.63. The van der Waals surface area contributed by atoms with Crippen LogP contribution < -0.4 is 11.1 Å². The molecule has 20 heavy (non-hydrogen) atoms. The van der Waals surface area contributed by atoms with Crippen LogP contribution in [0.3, 0.4) is 0 Å². The van der Waals surface area contributed by atoms with Crippen molar-refractivity contribution in [3.63, 3.8) is 0 Å². The first-order valence-electron chi connectivity index (χ1n) is 6.98. The lowest BCUT2D eigenvalue weighted by Crippen LogP contribution is -2.75. The number of nitrogens with two attached hydrogens (primary N) is 1. The molecule has 6 nitrogen and oxygen atoms in total. The Kier molecular flexibility index (Phi) is 2.54. The summed E-state index contributed by atoms with van der Waals surface area (Å²) in [7, 11) is 0. The maximum Gasteiger partial charge on any atom is 0.234 e. The maximum atomic E-state index is 12.8. The SMILES string of the molecule is Nc1ccccc1NC(=O)C12CN3CN(CN(C3)C1)C2. The fraction of sp³-hybridized carbons (Fsp3) is 0.500. The van der Waals surface area contributed by atoms with Crippen LogP contribution in [0.4, 0.5) is 11.4 Å². The Bertz CT molecular complexity index is 523. The van der Waals surface area contributed by atoms with E-state index >= 15 is 0 Å². The van der Waals surface area contributed by atoms with Crippen molar-refractivity contribution in [2.75, 3.05) is 50.7 Å². The van der Waals surface area contributed by atoms with E-state index in [1.807, 2.05) is 24.3 Å². The Balaban J connectivity index is 1.58. The van der Waals surface area contributed by atoms with Gasteiger partial charge in [-0.2, -0.15) is 0 Å². The summed E-state index contributed by atoms with van der Waals surface area (Å²) in [5.41, 5.74) is 6.93. The minimum Gasteiger partial charge on any atom is -0.397 e. The molecule has 4 saturated heterocycles. The second-order valence-corrected chi connectivity index (χ2v) is 6.23. The fourth-order valence-corrected chi connectivity index (χ4v) is 3.80. The summed E-state index contributed by atoms with van der Waals surface area (Å²) >= 11 is 0. The van der Waals surface area contributed by atoms with Crippen LogP contribution in [0.5, 0.6) is 0 Å². The number of hydrogen-bond donors (Lipinski definition) is 2. The zero-order valence-corrected chi connectivity index (χ0v) is 11.4. The summed E-state index contributed by atoms with van der Waals surface area (Å²) in [5.74, 6) is 0.0921. The van der Waals surface area contributed by atoms with E-state index in [0.29, 0.717) is 11.4 Å². The topological polar surface area (TPSA) is 64.8 Å². The molecule has 0 saturated carbocycles. The van der Waals surface area contributed by atoms with Gasteiger partial charge in [-0.3, -0.25) is 19.5 Å². The fourth-order valence-electron chi connectivity index (χ4n) is 3.80. The molecule has 0 atom stereocenters. The molecule has 4 heterocycles. The Morgan fingerprint density at radius 2 is 1.60 bits per heavy atom. The molecular formula is C14H19N5O. The Morgan fingerprint density at radius 3 is 2.15 bits per heavy atom. The molecule has 1 aromatic rings. The van der Waals surface area contributed by atoms with Crippen molar-refractivity contribution in [3.8, 4) is 0 Å². The van der Waals surface area contributed by atoms with Gasteiger partial charge in [0.05, 0.1) is 36.8 Å². The van der Waals surface area contributed by atoms with Crippen LogP contribution in [0.1, 0.15) is 0 Å². The zero-order chi connectivity index (χ0) is 13.7. The molecule has 0 aliphatic carbocycles. The average Bonchev–Trinajstić information content (AvgIpc) is 2.40. The van der Waals surface area contributed by atoms with Gasteiger partial charge in [0.15, 0.2) is 0 Å². The van der Waals surface area contributed by atoms with E-state index in [-0.39, 0.29) is 11.3 Å². The average molecular weight is 273 g/mol. The van der Waals surface area contributed by atoms with E-state index in [1.165, 1.54) is 0 Å². The van der Waals surface area contributed by atoms with E-state index in [1.54, 1.807) is 0 Å². The summed E-state index contributed by atoms with van der Waals surface area (Å²) in [4.78, 5) is 19.8. The third-order valence-corrected chi connectivity index (χ3v) is 4.47. The second-order valence-electron chi connectivity index (χ2n) is 6.23. The van der Waals surface area contributed by atoms with E-state index in [9.17, 15) is 4.79 Å². The van der Waals surface area contributed by atoms with Crippen LogP contribution in [0.2, 0.25) is 0 Å². The van der Waals surface area contributed by atoms with Gasteiger partial charge in [-0.15, -0.1) is 0 Å². The summed E-state index contributed by atoms with van der Waals surface area (Å²) in [6.45, 7) is 5.49. The number of anilines is 2. The number of nitrogens with zero attached hydrogens (tertiary/aromatic N) is 3. The summed E-state index contributed by atoms with van der Waals surface area (Å²) in [6, 6.07) is 7.43. The lowest BCUT2D eigenvalue weighted by Gasteiger charge is -2.59. The number of benzene rings is 1. The number of para-hydroxylation sites is 2. The minimum absolute atomic E-state index is 0.0921. The molecule has 0 radical (unpaired) electrons. The van der Waals surface area contributed by atoms with Gasteiger partial charge in [-0.25, -0.2) is 0 Å².